The van der Waals surface area contributed by atoms with E-state index in [-0.39, 0.29) is 0 Å². The van der Waals surface area contributed by atoms with Gasteiger partial charge in [-0.2, -0.15) is 5.10 Å². The lowest BCUT2D eigenvalue weighted by Gasteiger charge is -2.05. The van der Waals surface area contributed by atoms with Crippen LogP contribution in [0.3, 0.4) is 0 Å². The monoisotopic (exact) mass is 275 g/mol. The minimum absolute atomic E-state index is 0.732. The van der Waals surface area contributed by atoms with Crippen molar-refractivity contribution >= 4 is 33.3 Å². The highest BCUT2D eigenvalue weighted by Crippen LogP contribution is 2.24. The van der Waals surface area contributed by atoms with E-state index in [0.29, 0.717) is 0 Å². The Morgan fingerprint density at radius 3 is 2.95 bits per heavy atom. The zero-order valence-electron chi connectivity index (χ0n) is 11.5. The van der Waals surface area contributed by atoms with Gasteiger partial charge in [0.25, 0.3) is 0 Å². The number of rotatable bonds is 2. The summed E-state index contributed by atoms with van der Waals surface area (Å²) in [6.45, 7) is 1.99. The van der Waals surface area contributed by atoms with Crippen molar-refractivity contribution in [1.29, 1.82) is 0 Å². The van der Waals surface area contributed by atoms with Crippen molar-refractivity contribution in [3.8, 4) is 0 Å². The van der Waals surface area contributed by atoms with Gasteiger partial charge in [0, 0.05) is 29.2 Å². The Hall–Kier alpha value is -2.95. The maximum atomic E-state index is 4.35. The number of hydrogen-bond donors (Lipinski definition) is 2. The molecule has 0 unspecified atom stereocenters. The van der Waals surface area contributed by atoms with Gasteiger partial charge < -0.3 is 5.32 Å². The summed E-state index contributed by atoms with van der Waals surface area (Å²) in [5, 5.41) is 12.8. The van der Waals surface area contributed by atoms with Crippen molar-refractivity contribution < 1.29 is 0 Å². The molecular formula is C16H13N5. The third-order valence-electron chi connectivity index (χ3n) is 3.44. The number of nitrogens with zero attached hydrogens (tertiary/aromatic N) is 3. The molecule has 1 aromatic carbocycles. The summed E-state index contributed by atoms with van der Waals surface area (Å²) >= 11 is 0. The lowest BCUT2D eigenvalue weighted by atomic mass is 10.1. The minimum Gasteiger partial charge on any atom is -0.337 e. The third kappa shape index (κ3) is 2.08. The third-order valence-corrected chi connectivity index (χ3v) is 3.44. The smallest absolute Gasteiger partial charge is 0.178 e. The predicted molar refractivity (Wildman–Crippen MR) is 83.7 cm³/mol. The van der Waals surface area contributed by atoms with Gasteiger partial charge in [-0.25, -0.2) is 0 Å². The van der Waals surface area contributed by atoms with Gasteiger partial charge in [0.15, 0.2) is 5.82 Å². The molecule has 0 atom stereocenters. The van der Waals surface area contributed by atoms with E-state index in [2.05, 4.69) is 37.6 Å². The fourth-order valence-electron chi connectivity index (χ4n) is 2.41. The quantitative estimate of drug-likeness (QED) is 0.587. The molecule has 102 valence electrons. The largest absolute Gasteiger partial charge is 0.337 e. The summed E-state index contributed by atoms with van der Waals surface area (Å²) in [6, 6.07) is 12.1. The van der Waals surface area contributed by atoms with Crippen molar-refractivity contribution in [3.05, 3.63) is 54.5 Å². The van der Waals surface area contributed by atoms with Crippen LogP contribution < -0.4 is 5.32 Å². The van der Waals surface area contributed by atoms with Crippen LogP contribution in [0, 0.1) is 6.92 Å². The lowest BCUT2D eigenvalue weighted by molar-refractivity contribution is 1.12. The Balaban J connectivity index is 1.76. The second-order valence-electron chi connectivity index (χ2n) is 4.98. The van der Waals surface area contributed by atoms with Gasteiger partial charge in [-0.15, -0.1) is 0 Å². The molecule has 3 heterocycles. The number of aromatic amines is 1. The van der Waals surface area contributed by atoms with Crippen LogP contribution in [0.15, 0.2) is 48.8 Å². The first kappa shape index (κ1) is 11.8. The first-order valence-electron chi connectivity index (χ1n) is 6.72. The predicted octanol–water partition coefficient (Wildman–Crippen LogP) is 3.56. The number of anilines is 2. The van der Waals surface area contributed by atoms with Gasteiger partial charge in [-0.05, 0) is 42.6 Å². The Labute approximate surface area is 121 Å². The number of benzene rings is 1. The lowest BCUT2D eigenvalue weighted by Crippen LogP contribution is -1.92. The molecule has 0 saturated carbocycles. The van der Waals surface area contributed by atoms with E-state index in [9.17, 15) is 0 Å². The first-order chi connectivity index (χ1) is 10.3. The highest BCUT2D eigenvalue weighted by atomic mass is 15.2. The number of nitrogens with one attached hydrogen (secondary N) is 2. The Morgan fingerprint density at radius 1 is 1.05 bits per heavy atom. The van der Waals surface area contributed by atoms with E-state index in [0.717, 1.165) is 39.0 Å². The molecule has 0 aliphatic heterocycles. The van der Waals surface area contributed by atoms with Crippen LogP contribution in [-0.2, 0) is 0 Å². The highest BCUT2D eigenvalue weighted by Gasteiger charge is 2.06. The van der Waals surface area contributed by atoms with Crippen LogP contribution in [-0.4, -0.2) is 20.2 Å². The average Bonchev–Trinajstić information content (AvgIpc) is 2.90. The van der Waals surface area contributed by atoms with Crippen LogP contribution >= 0.6 is 0 Å². The second kappa shape index (κ2) is 4.56. The van der Waals surface area contributed by atoms with Crippen molar-refractivity contribution in [2.75, 3.05) is 5.32 Å². The summed E-state index contributed by atoms with van der Waals surface area (Å²) in [5.41, 5.74) is 3.74. The number of hydrogen-bond acceptors (Lipinski definition) is 4. The van der Waals surface area contributed by atoms with Gasteiger partial charge >= 0.3 is 0 Å². The zero-order chi connectivity index (χ0) is 14.2. The molecule has 0 radical (unpaired) electrons. The summed E-state index contributed by atoms with van der Waals surface area (Å²) in [7, 11) is 0. The Morgan fingerprint density at radius 2 is 2.00 bits per heavy atom. The molecule has 2 N–H and O–H groups in total. The van der Waals surface area contributed by atoms with E-state index < -0.39 is 0 Å². The van der Waals surface area contributed by atoms with Crippen molar-refractivity contribution in [2.24, 2.45) is 0 Å². The fourth-order valence-corrected chi connectivity index (χ4v) is 2.41. The van der Waals surface area contributed by atoms with E-state index in [1.54, 1.807) is 6.20 Å². The standard InChI is InChI=1S/C16H13N5/c1-10-7-12-8-13(5-4-11(12)9-18-10)19-16-15-14(20-21-16)3-2-6-17-15/h2-9H,1H3,(H2,19,20,21). The molecule has 5 nitrogen and oxygen atoms in total. The van der Waals surface area contributed by atoms with E-state index >= 15 is 0 Å². The molecule has 5 heteroatoms. The van der Waals surface area contributed by atoms with Gasteiger partial charge in [-0.3, -0.25) is 15.1 Å². The molecule has 21 heavy (non-hydrogen) atoms. The molecule has 0 fully saturated rings. The van der Waals surface area contributed by atoms with Gasteiger partial charge in [0.05, 0.1) is 5.52 Å². The summed E-state index contributed by atoms with van der Waals surface area (Å²) in [6.07, 6.45) is 3.65. The summed E-state index contributed by atoms with van der Waals surface area (Å²) in [5.74, 6) is 0.732. The van der Waals surface area contributed by atoms with Crippen LogP contribution in [0.5, 0.6) is 0 Å². The molecule has 0 spiro atoms. The number of fused-ring (bicyclic) bond motifs is 2. The normalized spacial score (nSPS) is 11.1. The van der Waals surface area contributed by atoms with E-state index in [4.69, 9.17) is 0 Å². The van der Waals surface area contributed by atoms with Crippen molar-refractivity contribution in [3.63, 3.8) is 0 Å². The molecule has 0 saturated heterocycles. The SMILES string of the molecule is Cc1cc2cc(Nc3n[nH]c4cccnc34)ccc2cn1. The van der Waals surface area contributed by atoms with Crippen molar-refractivity contribution in [1.82, 2.24) is 20.2 Å². The van der Waals surface area contributed by atoms with E-state index in [1.807, 2.05) is 37.4 Å². The first-order valence-corrected chi connectivity index (χ1v) is 6.72. The molecule has 0 bridgehead atoms. The topological polar surface area (TPSA) is 66.5 Å². The number of aryl methyl sites for hydroxylation is 1. The van der Waals surface area contributed by atoms with Crippen LogP contribution in [0.2, 0.25) is 0 Å². The van der Waals surface area contributed by atoms with Gasteiger partial charge in [0.2, 0.25) is 0 Å². The molecule has 0 aliphatic rings. The molecular weight excluding hydrogens is 262 g/mol. The van der Waals surface area contributed by atoms with Gasteiger partial charge in [-0.1, -0.05) is 6.07 Å². The molecule has 0 aliphatic carbocycles. The number of pyridine rings is 2. The average molecular weight is 275 g/mol. The van der Waals surface area contributed by atoms with E-state index in [1.165, 1.54) is 0 Å². The number of H-pyrrole nitrogens is 1. The van der Waals surface area contributed by atoms with Crippen LogP contribution in [0.1, 0.15) is 5.69 Å². The van der Waals surface area contributed by atoms with Crippen LogP contribution in [0.25, 0.3) is 21.8 Å². The Kier molecular flexibility index (Phi) is 2.57. The molecule has 4 rings (SSSR count). The Bertz CT molecular complexity index is 942. The maximum Gasteiger partial charge on any atom is 0.178 e. The van der Waals surface area contributed by atoms with Crippen molar-refractivity contribution in [2.45, 2.75) is 6.92 Å². The highest BCUT2D eigenvalue weighted by molar-refractivity contribution is 5.90. The second-order valence-corrected chi connectivity index (χ2v) is 4.98. The molecule has 3 aromatic heterocycles. The maximum absolute atomic E-state index is 4.35. The number of aromatic nitrogens is 4. The van der Waals surface area contributed by atoms with Crippen LogP contribution in [0.4, 0.5) is 11.5 Å². The fraction of sp³-hybridized carbons (Fsp3) is 0.0625. The zero-order valence-corrected chi connectivity index (χ0v) is 11.5. The molecule has 0 amide bonds. The summed E-state index contributed by atoms with van der Waals surface area (Å²) < 4.78 is 0. The minimum atomic E-state index is 0.732. The molecule has 4 aromatic rings. The summed E-state index contributed by atoms with van der Waals surface area (Å²) in [4.78, 5) is 8.65. The van der Waals surface area contributed by atoms with Gasteiger partial charge in [0.1, 0.15) is 5.52 Å².